The van der Waals surface area contributed by atoms with Crippen LogP contribution in [-0.2, 0) is 0 Å². The van der Waals surface area contributed by atoms with Crippen LogP contribution in [0.2, 0.25) is 78.6 Å². The average molecular weight is 343 g/mol. The van der Waals surface area contributed by atoms with E-state index in [1.165, 1.54) is 0 Å². The molecule has 0 rings (SSSR count). The second-order valence-electron chi connectivity index (χ2n) is 10.2. The van der Waals surface area contributed by atoms with Crippen LogP contribution in [0.25, 0.3) is 0 Å². The molecule has 20 heavy (non-hydrogen) atoms. The SMILES string of the molecule is C[Si](C)(C)C(=CC=C([Si](C)(C)C)[Si](C)(C)C)[Si](C)(C)C. The second kappa shape index (κ2) is 6.22. The van der Waals surface area contributed by atoms with Crippen LogP contribution in [0.1, 0.15) is 0 Å². The van der Waals surface area contributed by atoms with Crippen LogP contribution in [0, 0.1) is 0 Å². The molecule has 0 spiro atoms. The third-order valence-electron chi connectivity index (χ3n) is 3.65. The van der Waals surface area contributed by atoms with Gasteiger partial charge in [0, 0.05) is 0 Å². The van der Waals surface area contributed by atoms with Crippen molar-refractivity contribution in [2.24, 2.45) is 0 Å². The van der Waals surface area contributed by atoms with Crippen LogP contribution >= 0.6 is 0 Å². The molecule has 0 aromatic carbocycles. The summed E-state index contributed by atoms with van der Waals surface area (Å²) in [5.41, 5.74) is 0. The molecule has 0 saturated carbocycles. The normalized spacial score (nSPS) is 14.0. The highest BCUT2D eigenvalue weighted by molar-refractivity contribution is 7.05. The molecule has 118 valence electrons. The van der Waals surface area contributed by atoms with Gasteiger partial charge in [0.25, 0.3) is 0 Å². The van der Waals surface area contributed by atoms with Gasteiger partial charge < -0.3 is 0 Å². The summed E-state index contributed by atoms with van der Waals surface area (Å²) < 4.78 is 0. The first-order valence-electron chi connectivity index (χ1n) is 7.91. The predicted molar refractivity (Wildman–Crippen MR) is 110 cm³/mol. The van der Waals surface area contributed by atoms with E-state index in [0.29, 0.717) is 0 Å². The molecule has 0 heterocycles. The van der Waals surface area contributed by atoms with Gasteiger partial charge in [0.05, 0.1) is 32.3 Å². The first-order chi connectivity index (χ1) is 8.47. The fourth-order valence-corrected chi connectivity index (χ4v) is 23.8. The molecular weight excluding hydrogens is 305 g/mol. The zero-order valence-electron chi connectivity index (χ0n) is 16.2. The minimum absolute atomic E-state index is 1.20. The highest BCUT2D eigenvalue weighted by atomic mass is 28.4. The predicted octanol–water partition coefficient (Wildman–Crippen LogP) is 6.35. The van der Waals surface area contributed by atoms with Crippen LogP contribution < -0.4 is 0 Å². The summed E-state index contributed by atoms with van der Waals surface area (Å²) in [6, 6.07) is 0. The van der Waals surface area contributed by atoms with Crippen molar-refractivity contribution >= 4 is 32.3 Å². The molecule has 0 aliphatic carbocycles. The fraction of sp³-hybridized carbons (Fsp3) is 0.750. The molecule has 0 aliphatic rings. The summed E-state index contributed by atoms with van der Waals surface area (Å²) in [6.45, 7) is 30.1. The Morgan fingerprint density at radius 2 is 0.550 bits per heavy atom. The van der Waals surface area contributed by atoms with E-state index in [4.69, 9.17) is 0 Å². The van der Waals surface area contributed by atoms with Gasteiger partial charge >= 0.3 is 0 Å². The quantitative estimate of drug-likeness (QED) is 0.403. The van der Waals surface area contributed by atoms with Gasteiger partial charge in [-0.3, -0.25) is 0 Å². The molecule has 0 unspecified atom stereocenters. The van der Waals surface area contributed by atoms with E-state index in [0.717, 1.165) is 0 Å². The molecular formula is C16H38Si4. The van der Waals surface area contributed by atoms with Crippen LogP contribution in [0.15, 0.2) is 21.8 Å². The van der Waals surface area contributed by atoms with E-state index >= 15 is 0 Å². The van der Waals surface area contributed by atoms with Crippen molar-refractivity contribution in [1.29, 1.82) is 0 Å². The van der Waals surface area contributed by atoms with E-state index in [1.54, 1.807) is 0 Å². The maximum Gasteiger partial charge on any atom is 0.0682 e. The number of allylic oxidation sites excluding steroid dienone is 2. The molecule has 0 aromatic heterocycles. The lowest BCUT2D eigenvalue weighted by atomic mass is 10.6. The third-order valence-corrected chi connectivity index (χ3v) is 19.8. The van der Waals surface area contributed by atoms with E-state index in [9.17, 15) is 0 Å². The molecule has 0 radical (unpaired) electrons. The molecule has 0 atom stereocenters. The number of hydrogen-bond acceptors (Lipinski definition) is 0. The van der Waals surface area contributed by atoms with E-state index in [-0.39, 0.29) is 0 Å². The minimum Gasteiger partial charge on any atom is -0.0912 e. The van der Waals surface area contributed by atoms with Crippen molar-refractivity contribution in [3.05, 3.63) is 21.8 Å². The lowest BCUT2D eigenvalue weighted by molar-refractivity contribution is 1.59. The lowest BCUT2D eigenvalue weighted by Crippen LogP contribution is -2.41. The van der Waals surface area contributed by atoms with Gasteiger partial charge in [0.15, 0.2) is 0 Å². The third kappa shape index (κ3) is 6.41. The topological polar surface area (TPSA) is 0 Å². The number of hydrogen-bond donors (Lipinski definition) is 0. The Bertz CT molecular complexity index is 318. The smallest absolute Gasteiger partial charge is 0.0682 e. The minimum atomic E-state index is -1.20. The zero-order chi connectivity index (χ0) is 16.6. The monoisotopic (exact) mass is 342 g/mol. The first kappa shape index (κ1) is 20.3. The van der Waals surface area contributed by atoms with Crippen molar-refractivity contribution in [2.45, 2.75) is 78.6 Å². The summed E-state index contributed by atoms with van der Waals surface area (Å²) in [5, 5.41) is 0. The maximum absolute atomic E-state index is 2.57. The van der Waals surface area contributed by atoms with Crippen molar-refractivity contribution in [3.8, 4) is 0 Å². The number of rotatable bonds is 5. The van der Waals surface area contributed by atoms with Crippen molar-refractivity contribution < 1.29 is 0 Å². The van der Waals surface area contributed by atoms with Crippen molar-refractivity contribution in [2.75, 3.05) is 0 Å². The summed E-state index contributed by atoms with van der Waals surface area (Å²) in [6.07, 6.45) is 5.15. The van der Waals surface area contributed by atoms with E-state index < -0.39 is 32.3 Å². The molecule has 0 amide bonds. The second-order valence-corrected chi connectivity index (χ2v) is 31.3. The summed E-state index contributed by atoms with van der Waals surface area (Å²) in [4.78, 5) is 3.66. The lowest BCUT2D eigenvalue weighted by Gasteiger charge is -2.33. The van der Waals surface area contributed by atoms with Gasteiger partial charge in [-0.25, -0.2) is 0 Å². The largest absolute Gasteiger partial charge is 0.0912 e. The Hall–Kier alpha value is 0.348. The highest BCUT2D eigenvalue weighted by Crippen LogP contribution is 2.29. The molecule has 0 aromatic rings. The van der Waals surface area contributed by atoms with Gasteiger partial charge in [-0.05, 0) is 0 Å². The van der Waals surface area contributed by atoms with Gasteiger partial charge in [-0.1, -0.05) is 100 Å². The molecule has 0 aliphatic heterocycles. The molecule has 4 heteroatoms. The van der Waals surface area contributed by atoms with Crippen LogP contribution in [0.5, 0.6) is 0 Å². The summed E-state index contributed by atoms with van der Waals surface area (Å²) in [5.74, 6) is 0. The molecule has 0 bridgehead atoms. The Balaban J connectivity index is 5.95. The summed E-state index contributed by atoms with van der Waals surface area (Å²) in [7, 11) is -4.79. The Labute approximate surface area is 132 Å². The molecule has 0 fully saturated rings. The Morgan fingerprint density at radius 3 is 0.650 bits per heavy atom. The maximum atomic E-state index is 2.57. The van der Waals surface area contributed by atoms with Crippen LogP contribution in [-0.4, -0.2) is 32.3 Å². The Kier molecular flexibility index (Phi) is 6.33. The standard InChI is InChI=1S/C16H38Si4/c1-17(2,3)15(18(4,5)6)13-14-16(19(7,8)9)20(10,11)12/h13-14H,1-12H3. The van der Waals surface area contributed by atoms with Crippen LogP contribution in [0.3, 0.4) is 0 Å². The highest BCUT2D eigenvalue weighted by Gasteiger charge is 2.32. The van der Waals surface area contributed by atoms with E-state index in [1.807, 2.05) is 9.64 Å². The summed E-state index contributed by atoms with van der Waals surface area (Å²) >= 11 is 0. The first-order valence-corrected chi connectivity index (χ1v) is 21.9. The van der Waals surface area contributed by atoms with Gasteiger partial charge in [-0.15, -0.1) is 0 Å². The zero-order valence-corrected chi connectivity index (χ0v) is 20.2. The molecule has 0 saturated heterocycles. The van der Waals surface area contributed by atoms with Crippen molar-refractivity contribution in [1.82, 2.24) is 0 Å². The van der Waals surface area contributed by atoms with E-state index in [2.05, 4.69) is 90.7 Å². The van der Waals surface area contributed by atoms with Crippen molar-refractivity contribution in [3.63, 3.8) is 0 Å². The Morgan fingerprint density at radius 1 is 0.400 bits per heavy atom. The molecule has 0 nitrogen and oxygen atoms in total. The van der Waals surface area contributed by atoms with Crippen LogP contribution in [0.4, 0.5) is 0 Å². The van der Waals surface area contributed by atoms with Gasteiger partial charge in [-0.2, -0.15) is 0 Å². The van der Waals surface area contributed by atoms with Gasteiger partial charge in [0.1, 0.15) is 0 Å². The molecule has 0 N–H and O–H groups in total. The van der Waals surface area contributed by atoms with Gasteiger partial charge in [0.2, 0.25) is 0 Å². The fourth-order valence-electron chi connectivity index (χ4n) is 3.42. The average Bonchev–Trinajstić information content (AvgIpc) is 2.02.